The number of hydrogen-bond acceptors (Lipinski definition) is 4. The number of rotatable bonds is 5. The average Bonchev–Trinajstić information content (AvgIpc) is 2.77. The number of anilines is 1. The van der Waals surface area contributed by atoms with E-state index in [2.05, 4.69) is 10.6 Å². The SMILES string of the molecule is NC(=O)COc1cccc(NC(=O)C2CC(F)(F)CN2)c1. The molecule has 1 heterocycles. The molecular weight excluding hydrogens is 284 g/mol. The topological polar surface area (TPSA) is 93.5 Å². The zero-order valence-corrected chi connectivity index (χ0v) is 11.1. The third kappa shape index (κ3) is 4.38. The molecule has 1 unspecified atom stereocenters. The number of hydrogen-bond donors (Lipinski definition) is 3. The van der Waals surface area contributed by atoms with Crippen LogP contribution in [-0.4, -0.2) is 36.9 Å². The van der Waals surface area contributed by atoms with E-state index in [-0.39, 0.29) is 6.61 Å². The predicted octanol–water partition coefficient (Wildman–Crippen LogP) is 0.486. The van der Waals surface area contributed by atoms with Gasteiger partial charge < -0.3 is 15.8 Å². The van der Waals surface area contributed by atoms with Gasteiger partial charge in [-0.05, 0) is 12.1 Å². The molecule has 0 saturated carbocycles. The molecule has 0 aromatic heterocycles. The number of primary amides is 1. The summed E-state index contributed by atoms with van der Waals surface area (Å²) in [4.78, 5) is 22.5. The van der Waals surface area contributed by atoms with E-state index in [0.717, 1.165) is 0 Å². The molecule has 1 saturated heterocycles. The summed E-state index contributed by atoms with van der Waals surface area (Å²) in [6, 6.07) is 5.31. The first-order valence-corrected chi connectivity index (χ1v) is 6.29. The Kier molecular flexibility index (Phi) is 4.37. The fraction of sp³-hybridized carbons (Fsp3) is 0.385. The van der Waals surface area contributed by atoms with Crippen LogP contribution in [0.1, 0.15) is 6.42 Å². The molecule has 0 aliphatic carbocycles. The van der Waals surface area contributed by atoms with E-state index >= 15 is 0 Å². The normalized spacial score (nSPS) is 20.0. The van der Waals surface area contributed by atoms with Crippen LogP contribution in [0.4, 0.5) is 14.5 Å². The maximum absolute atomic E-state index is 13.0. The molecule has 1 aromatic rings. The van der Waals surface area contributed by atoms with Gasteiger partial charge in [-0.1, -0.05) is 6.07 Å². The van der Waals surface area contributed by atoms with Crippen LogP contribution in [-0.2, 0) is 9.59 Å². The van der Waals surface area contributed by atoms with Crippen LogP contribution in [0.3, 0.4) is 0 Å². The fourth-order valence-corrected chi connectivity index (χ4v) is 1.95. The Labute approximate surface area is 119 Å². The van der Waals surface area contributed by atoms with Crippen molar-refractivity contribution >= 4 is 17.5 Å². The standard InChI is InChI=1S/C13H15F2N3O3/c14-13(15)5-10(17-7-13)12(20)18-8-2-1-3-9(4-8)21-6-11(16)19/h1-4,10,17H,5-7H2,(H2,16,19)(H,18,20). The van der Waals surface area contributed by atoms with Crippen molar-refractivity contribution in [2.75, 3.05) is 18.5 Å². The number of nitrogens with one attached hydrogen (secondary N) is 2. The minimum absolute atomic E-state index is 0.284. The zero-order valence-electron chi connectivity index (χ0n) is 11.1. The quantitative estimate of drug-likeness (QED) is 0.737. The lowest BCUT2D eigenvalue weighted by molar-refractivity contribution is -0.120. The molecule has 2 rings (SSSR count). The van der Waals surface area contributed by atoms with Gasteiger partial charge in [0.15, 0.2) is 6.61 Å². The molecule has 6 nitrogen and oxygen atoms in total. The van der Waals surface area contributed by atoms with Crippen LogP contribution < -0.4 is 21.1 Å². The maximum atomic E-state index is 13.0. The molecule has 1 aliphatic heterocycles. The molecule has 1 aromatic carbocycles. The largest absolute Gasteiger partial charge is 0.484 e. The minimum Gasteiger partial charge on any atom is -0.484 e. The summed E-state index contributed by atoms with van der Waals surface area (Å²) in [5, 5.41) is 4.99. The average molecular weight is 299 g/mol. The van der Waals surface area contributed by atoms with Gasteiger partial charge in [0, 0.05) is 18.2 Å². The van der Waals surface area contributed by atoms with Crippen molar-refractivity contribution in [3.05, 3.63) is 24.3 Å². The van der Waals surface area contributed by atoms with Crippen LogP contribution in [0.25, 0.3) is 0 Å². The van der Waals surface area contributed by atoms with Gasteiger partial charge in [-0.25, -0.2) is 8.78 Å². The molecule has 4 N–H and O–H groups in total. The van der Waals surface area contributed by atoms with E-state index in [9.17, 15) is 18.4 Å². The summed E-state index contributed by atoms with van der Waals surface area (Å²) in [7, 11) is 0. The first-order valence-electron chi connectivity index (χ1n) is 6.29. The number of carbonyl (C=O) groups is 2. The van der Waals surface area contributed by atoms with Crippen molar-refractivity contribution in [2.45, 2.75) is 18.4 Å². The highest BCUT2D eigenvalue weighted by molar-refractivity contribution is 5.95. The highest BCUT2D eigenvalue weighted by atomic mass is 19.3. The summed E-state index contributed by atoms with van der Waals surface area (Å²) in [5.74, 6) is -3.69. The van der Waals surface area contributed by atoms with Gasteiger partial charge in [0.1, 0.15) is 5.75 Å². The van der Waals surface area contributed by atoms with Crippen molar-refractivity contribution in [2.24, 2.45) is 5.73 Å². The molecule has 8 heteroatoms. The smallest absolute Gasteiger partial charge is 0.262 e. The van der Waals surface area contributed by atoms with E-state index < -0.39 is 36.7 Å². The molecule has 21 heavy (non-hydrogen) atoms. The van der Waals surface area contributed by atoms with E-state index in [1.165, 1.54) is 6.07 Å². The van der Waals surface area contributed by atoms with Crippen LogP contribution in [0.2, 0.25) is 0 Å². The first-order chi connectivity index (χ1) is 9.85. The Morgan fingerprint density at radius 2 is 2.24 bits per heavy atom. The Morgan fingerprint density at radius 1 is 1.48 bits per heavy atom. The Morgan fingerprint density at radius 3 is 2.86 bits per heavy atom. The molecule has 2 amide bonds. The summed E-state index contributed by atoms with van der Waals surface area (Å²) >= 11 is 0. The van der Waals surface area contributed by atoms with Crippen LogP contribution >= 0.6 is 0 Å². The third-order valence-electron chi connectivity index (χ3n) is 2.91. The summed E-state index contributed by atoms with van der Waals surface area (Å²) < 4.78 is 31.1. The number of benzene rings is 1. The van der Waals surface area contributed by atoms with Crippen LogP contribution in [0.5, 0.6) is 5.75 Å². The highest BCUT2D eigenvalue weighted by Gasteiger charge is 2.42. The summed E-state index contributed by atoms with van der Waals surface area (Å²) in [5.41, 5.74) is 5.34. The lowest BCUT2D eigenvalue weighted by atomic mass is 10.2. The minimum atomic E-state index is -2.87. The molecule has 1 atom stereocenters. The van der Waals surface area contributed by atoms with E-state index in [1.807, 2.05) is 0 Å². The Bertz CT molecular complexity index is 551. The van der Waals surface area contributed by atoms with Crippen LogP contribution in [0.15, 0.2) is 24.3 Å². The third-order valence-corrected chi connectivity index (χ3v) is 2.91. The number of carbonyl (C=O) groups excluding carboxylic acids is 2. The highest BCUT2D eigenvalue weighted by Crippen LogP contribution is 2.26. The molecular formula is C13H15F2N3O3. The monoisotopic (exact) mass is 299 g/mol. The lowest BCUT2D eigenvalue weighted by Crippen LogP contribution is -2.35. The van der Waals surface area contributed by atoms with Gasteiger partial charge in [0.05, 0.1) is 12.6 Å². The van der Waals surface area contributed by atoms with Gasteiger partial charge in [-0.3, -0.25) is 14.9 Å². The lowest BCUT2D eigenvalue weighted by Gasteiger charge is -2.12. The van der Waals surface area contributed by atoms with Crippen molar-refractivity contribution in [3.63, 3.8) is 0 Å². The van der Waals surface area contributed by atoms with Crippen LogP contribution in [0, 0.1) is 0 Å². The number of alkyl halides is 2. The number of ether oxygens (including phenoxy) is 1. The van der Waals surface area contributed by atoms with Crippen molar-refractivity contribution < 1.29 is 23.1 Å². The zero-order chi connectivity index (χ0) is 15.5. The van der Waals surface area contributed by atoms with E-state index in [0.29, 0.717) is 11.4 Å². The molecule has 1 aliphatic rings. The molecule has 0 bridgehead atoms. The van der Waals surface area contributed by atoms with Crippen molar-refractivity contribution in [3.8, 4) is 5.75 Å². The number of nitrogens with two attached hydrogens (primary N) is 1. The molecule has 1 fully saturated rings. The second-order valence-electron chi connectivity index (χ2n) is 4.77. The molecule has 0 radical (unpaired) electrons. The van der Waals surface area contributed by atoms with Gasteiger partial charge in [-0.15, -0.1) is 0 Å². The Balaban J connectivity index is 1.95. The summed E-state index contributed by atoms with van der Waals surface area (Å²) in [6.45, 7) is -0.791. The Hall–Kier alpha value is -2.22. The van der Waals surface area contributed by atoms with Crippen molar-refractivity contribution in [1.82, 2.24) is 5.32 Å². The number of amides is 2. The van der Waals surface area contributed by atoms with Crippen molar-refractivity contribution in [1.29, 1.82) is 0 Å². The second-order valence-corrected chi connectivity index (χ2v) is 4.77. The summed E-state index contributed by atoms with van der Waals surface area (Å²) in [6.07, 6.45) is -0.531. The van der Waals surface area contributed by atoms with Gasteiger partial charge in [0.25, 0.3) is 11.8 Å². The van der Waals surface area contributed by atoms with E-state index in [4.69, 9.17) is 10.5 Å². The predicted molar refractivity (Wildman–Crippen MR) is 71.1 cm³/mol. The van der Waals surface area contributed by atoms with E-state index in [1.54, 1.807) is 18.2 Å². The maximum Gasteiger partial charge on any atom is 0.262 e. The molecule has 114 valence electrons. The fourth-order valence-electron chi connectivity index (χ4n) is 1.95. The molecule has 0 spiro atoms. The van der Waals surface area contributed by atoms with Gasteiger partial charge in [0.2, 0.25) is 5.91 Å². The number of halogens is 2. The van der Waals surface area contributed by atoms with Gasteiger partial charge in [-0.2, -0.15) is 0 Å². The second kappa shape index (κ2) is 6.04. The first kappa shape index (κ1) is 15.2. The van der Waals surface area contributed by atoms with Gasteiger partial charge >= 0.3 is 0 Å².